The fraction of sp³-hybridized carbons (Fsp3) is 0.320. The van der Waals surface area contributed by atoms with Crippen LogP contribution in [0.2, 0.25) is 0 Å². The first-order chi connectivity index (χ1) is 16.2. The van der Waals surface area contributed by atoms with Gasteiger partial charge in [-0.1, -0.05) is 24.3 Å². The Labute approximate surface area is 217 Å². The number of para-hydroxylation sites is 2. The Morgan fingerprint density at radius 1 is 1.12 bits per heavy atom. The predicted octanol–water partition coefficient (Wildman–Crippen LogP) is 3.40. The van der Waals surface area contributed by atoms with Crippen LogP contribution in [0, 0.1) is 0 Å². The van der Waals surface area contributed by atoms with Crippen molar-refractivity contribution in [2.45, 2.75) is 19.8 Å². The maximum atomic E-state index is 12.3. The quantitative estimate of drug-likeness (QED) is 0.177. The fourth-order valence-electron chi connectivity index (χ4n) is 3.72. The van der Waals surface area contributed by atoms with Crippen molar-refractivity contribution in [2.75, 3.05) is 37.7 Å². The molecule has 0 spiro atoms. The van der Waals surface area contributed by atoms with Crippen LogP contribution >= 0.6 is 24.0 Å². The highest BCUT2D eigenvalue weighted by molar-refractivity contribution is 14.0. The largest absolute Gasteiger partial charge is 0.482 e. The summed E-state index contributed by atoms with van der Waals surface area (Å²) in [6, 6.07) is 18.0. The minimum absolute atomic E-state index is 0. The van der Waals surface area contributed by atoms with Gasteiger partial charge in [-0.05, 0) is 55.7 Å². The smallest absolute Gasteiger partial charge is 0.265 e. The molecule has 2 aromatic carbocycles. The second-order valence-corrected chi connectivity index (χ2v) is 7.71. The van der Waals surface area contributed by atoms with Gasteiger partial charge in [-0.15, -0.1) is 24.0 Å². The fourth-order valence-corrected chi connectivity index (χ4v) is 3.72. The molecule has 9 heteroatoms. The van der Waals surface area contributed by atoms with Crippen molar-refractivity contribution in [3.8, 4) is 11.4 Å². The van der Waals surface area contributed by atoms with Gasteiger partial charge < -0.3 is 20.3 Å². The predicted molar refractivity (Wildman–Crippen MR) is 146 cm³/mol. The zero-order valence-electron chi connectivity index (χ0n) is 19.3. The zero-order valence-corrected chi connectivity index (χ0v) is 21.6. The molecule has 0 radical (unpaired) electrons. The topological polar surface area (TPSA) is 83.8 Å². The molecule has 0 aliphatic carbocycles. The minimum Gasteiger partial charge on any atom is -0.482 e. The normalized spacial score (nSPS) is 13.0. The first kappa shape index (κ1) is 25.5. The van der Waals surface area contributed by atoms with Crippen molar-refractivity contribution in [1.82, 2.24) is 20.4 Å². The Morgan fingerprint density at radius 2 is 1.94 bits per heavy atom. The summed E-state index contributed by atoms with van der Waals surface area (Å²) in [5.74, 6) is 1.54. The summed E-state index contributed by atoms with van der Waals surface area (Å²) in [6.07, 6.45) is 5.37. The van der Waals surface area contributed by atoms with Crippen LogP contribution in [0.1, 0.15) is 18.9 Å². The number of hydrogen-bond acceptors (Lipinski definition) is 4. The number of nitrogens with one attached hydrogen (secondary N) is 2. The molecule has 1 aliphatic heterocycles. The number of amides is 1. The molecule has 34 heavy (non-hydrogen) atoms. The molecule has 2 N–H and O–H groups in total. The Hall–Kier alpha value is -3.08. The van der Waals surface area contributed by atoms with Gasteiger partial charge >= 0.3 is 0 Å². The molecule has 4 rings (SSSR count). The standard InChI is InChI=1S/C25H30N6O2.HI/c1-2-26-25(28-16-13-20-9-11-21(12-10-20)31-18-6-15-29-31)27-14-5-17-30-22-7-3-4-8-23(22)33-19-24(30)32;/h3-4,6-12,15,18H,2,5,13-14,16-17,19H2,1H3,(H2,26,27,28);1H. The maximum Gasteiger partial charge on any atom is 0.265 e. The van der Waals surface area contributed by atoms with Crippen LogP contribution in [0.3, 0.4) is 0 Å². The third kappa shape index (κ3) is 6.72. The summed E-state index contributed by atoms with van der Waals surface area (Å²) in [5.41, 5.74) is 3.13. The van der Waals surface area contributed by atoms with Gasteiger partial charge in [0, 0.05) is 38.6 Å². The molecule has 0 bridgehead atoms. The van der Waals surface area contributed by atoms with E-state index < -0.39 is 0 Å². The average molecular weight is 574 g/mol. The van der Waals surface area contributed by atoms with Gasteiger partial charge in [-0.25, -0.2) is 4.68 Å². The Bertz CT molecular complexity index is 1070. The van der Waals surface area contributed by atoms with E-state index in [9.17, 15) is 4.79 Å². The van der Waals surface area contributed by atoms with Crippen LogP contribution in [0.5, 0.6) is 5.75 Å². The first-order valence-corrected chi connectivity index (χ1v) is 11.4. The molecule has 1 aromatic heterocycles. The van der Waals surface area contributed by atoms with Crippen LogP contribution in [-0.2, 0) is 11.2 Å². The number of halogens is 1. The molecule has 0 saturated heterocycles. The monoisotopic (exact) mass is 574 g/mol. The third-order valence-electron chi connectivity index (χ3n) is 5.37. The number of fused-ring (bicyclic) bond motifs is 1. The van der Waals surface area contributed by atoms with Gasteiger partial charge in [0.25, 0.3) is 5.91 Å². The Kier molecular flexibility index (Phi) is 9.75. The van der Waals surface area contributed by atoms with E-state index in [2.05, 4.69) is 51.9 Å². The summed E-state index contributed by atoms with van der Waals surface area (Å²) in [5, 5.41) is 10.9. The zero-order chi connectivity index (χ0) is 22.9. The van der Waals surface area contributed by atoms with E-state index in [1.54, 1.807) is 11.1 Å². The number of rotatable bonds is 9. The lowest BCUT2D eigenvalue weighted by atomic mass is 10.1. The highest BCUT2D eigenvalue weighted by atomic mass is 127. The molecule has 1 aliphatic rings. The number of aliphatic imine (C=N–C) groups is 1. The van der Waals surface area contributed by atoms with Gasteiger partial charge in [-0.2, -0.15) is 5.10 Å². The average Bonchev–Trinajstić information content (AvgIpc) is 3.38. The van der Waals surface area contributed by atoms with E-state index in [4.69, 9.17) is 4.74 Å². The summed E-state index contributed by atoms with van der Waals surface area (Å²) in [6.45, 7) is 4.95. The minimum atomic E-state index is -0.0127. The van der Waals surface area contributed by atoms with E-state index in [0.717, 1.165) is 49.0 Å². The molecule has 0 atom stereocenters. The van der Waals surface area contributed by atoms with Gasteiger partial charge in [0.15, 0.2) is 12.6 Å². The highest BCUT2D eigenvalue weighted by Crippen LogP contribution is 2.31. The van der Waals surface area contributed by atoms with Crippen LogP contribution in [0.4, 0.5) is 5.69 Å². The molecule has 8 nitrogen and oxygen atoms in total. The summed E-state index contributed by atoms with van der Waals surface area (Å²) < 4.78 is 7.35. The van der Waals surface area contributed by atoms with Gasteiger partial charge in [0.2, 0.25) is 0 Å². The lowest BCUT2D eigenvalue weighted by Gasteiger charge is -2.29. The van der Waals surface area contributed by atoms with Crippen molar-refractivity contribution in [3.05, 3.63) is 72.6 Å². The summed E-state index contributed by atoms with van der Waals surface area (Å²) in [4.78, 5) is 18.8. The van der Waals surface area contributed by atoms with Crippen LogP contribution in [0.15, 0.2) is 72.0 Å². The second-order valence-electron chi connectivity index (χ2n) is 7.71. The van der Waals surface area contributed by atoms with Gasteiger partial charge in [0.1, 0.15) is 5.75 Å². The number of hydrogen-bond donors (Lipinski definition) is 2. The van der Waals surface area contributed by atoms with Crippen molar-refractivity contribution in [2.24, 2.45) is 4.99 Å². The molecular formula is C25H31IN6O2. The van der Waals surface area contributed by atoms with Gasteiger partial charge in [0.05, 0.1) is 11.4 Å². The molecule has 0 saturated carbocycles. The van der Waals surface area contributed by atoms with Crippen molar-refractivity contribution >= 4 is 41.5 Å². The van der Waals surface area contributed by atoms with E-state index in [-0.39, 0.29) is 36.5 Å². The number of nitrogens with zero attached hydrogens (tertiary/aromatic N) is 4. The lowest BCUT2D eigenvalue weighted by molar-refractivity contribution is -0.121. The number of aromatic nitrogens is 2. The molecular weight excluding hydrogens is 543 g/mol. The molecule has 1 amide bonds. The van der Waals surface area contributed by atoms with Gasteiger partial charge in [-0.3, -0.25) is 9.79 Å². The van der Waals surface area contributed by atoms with Crippen LogP contribution in [0.25, 0.3) is 5.69 Å². The number of carbonyl (C=O) groups is 1. The number of carbonyl (C=O) groups excluding carboxylic acids is 1. The molecule has 0 fully saturated rings. The van der Waals surface area contributed by atoms with E-state index in [0.29, 0.717) is 13.1 Å². The number of benzene rings is 2. The Balaban J connectivity index is 0.00000324. The summed E-state index contributed by atoms with van der Waals surface area (Å²) >= 11 is 0. The van der Waals surface area contributed by atoms with Crippen LogP contribution in [-0.4, -0.2) is 54.4 Å². The molecule has 2 heterocycles. The van der Waals surface area contributed by atoms with E-state index in [1.165, 1.54) is 5.56 Å². The number of guanidine groups is 1. The van der Waals surface area contributed by atoms with E-state index in [1.807, 2.05) is 41.2 Å². The number of ether oxygens (including phenoxy) is 1. The maximum absolute atomic E-state index is 12.3. The molecule has 3 aromatic rings. The van der Waals surface area contributed by atoms with E-state index >= 15 is 0 Å². The third-order valence-corrected chi connectivity index (χ3v) is 5.37. The molecule has 0 unspecified atom stereocenters. The number of anilines is 1. The summed E-state index contributed by atoms with van der Waals surface area (Å²) in [7, 11) is 0. The lowest BCUT2D eigenvalue weighted by Crippen LogP contribution is -2.40. The Morgan fingerprint density at radius 3 is 2.71 bits per heavy atom. The highest BCUT2D eigenvalue weighted by Gasteiger charge is 2.24. The van der Waals surface area contributed by atoms with Crippen molar-refractivity contribution in [1.29, 1.82) is 0 Å². The van der Waals surface area contributed by atoms with Crippen molar-refractivity contribution in [3.63, 3.8) is 0 Å². The van der Waals surface area contributed by atoms with Crippen LogP contribution < -0.4 is 20.3 Å². The molecule has 180 valence electrons. The SMILES string of the molecule is CCNC(=NCCCN1C(=O)COc2ccccc21)NCCc1ccc(-n2cccn2)cc1.I. The van der Waals surface area contributed by atoms with Crippen molar-refractivity contribution < 1.29 is 9.53 Å². The second kappa shape index (κ2) is 13.0. The first-order valence-electron chi connectivity index (χ1n) is 11.4.